The van der Waals surface area contributed by atoms with Crippen molar-refractivity contribution < 1.29 is 9.53 Å². The van der Waals surface area contributed by atoms with Gasteiger partial charge in [-0.2, -0.15) is 0 Å². The van der Waals surface area contributed by atoms with Crippen molar-refractivity contribution in [2.24, 2.45) is 0 Å². The molecule has 1 aromatic rings. The summed E-state index contributed by atoms with van der Waals surface area (Å²) in [5, 5.41) is 2.95. The first-order valence-electron chi connectivity index (χ1n) is 4.60. The highest BCUT2D eigenvalue weighted by atomic mass is 35.5. The lowest BCUT2D eigenvalue weighted by molar-refractivity contribution is 0.0954. The maximum atomic E-state index is 11.7. The third kappa shape index (κ3) is 2.90. The SMILES string of the molecule is C=C(Cl)CNC(=O)c1cccc(N)c1OC. The Hall–Kier alpha value is -1.68. The van der Waals surface area contributed by atoms with Gasteiger partial charge in [-0.3, -0.25) is 4.79 Å². The van der Waals surface area contributed by atoms with E-state index in [-0.39, 0.29) is 12.5 Å². The van der Waals surface area contributed by atoms with E-state index in [1.54, 1.807) is 18.2 Å². The molecule has 0 saturated heterocycles. The summed E-state index contributed by atoms with van der Waals surface area (Å²) in [4.78, 5) is 11.7. The van der Waals surface area contributed by atoms with Crippen LogP contribution in [0.1, 0.15) is 10.4 Å². The number of anilines is 1. The molecule has 5 heteroatoms. The summed E-state index contributed by atoms with van der Waals surface area (Å²) < 4.78 is 5.06. The molecule has 0 aromatic heterocycles. The number of ether oxygens (including phenoxy) is 1. The molecular formula is C11H13ClN2O2. The maximum absolute atomic E-state index is 11.7. The van der Waals surface area contributed by atoms with E-state index < -0.39 is 0 Å². The number of halogens is 1. The number of amides is 1. The average molecular weight is 241 g/mol. The predicted octanol–water partition coefficient (Wildman–Crippen LogP) is 1.76. The van der Waals surface area contributed by atoms with Crippen molar-refractivity contribution in [1.82, 2.24) is 5.32 Å². The molecule has 0 radical (unpaired) electrons. The van der Waals surface area contributed by atoms with Gasteiger partial charge in [0.05, 0.1) is 24.9 Å². The van der Waals surface area contributed by atoms with Crippen molar-refractivity contribution in [3.05, 3.63) is 35.4 Å². The normalized spacial score (nSPS) is 9.62. The average Bonchev–Trinajstić information content (AvgIpc) is 2.25. The van der Waals surface area contributed by atoms with Crippen molar-refractivity contribution in [3.63, 3.8) is 0 Å². The van der Waals surface area contributed by atoms with Gasteiger partial charge < -0.3 is 15.8 Å². The van der Waals surface area contributed by atoms with Gasteiger partial charge in [-0.1, -0.05) is 24.2 Å². The van der Waals surface area contributed by atoms with E-state index in [9.17, 15) is 4.79 Å². The second-order valence-corrected chi connectivity index (χ2v) is 3.66. The predicted molar refractivity (Wildman–Crippen MR) is 64.7 cm³/mol. The molecule has 0 fully saturated rings. The first kappa shape index (κ1) is 12.4. The second kappa shape index (κ2) is 5.42. The topological polar surface area (TPSA) is 64.4 Å². The summed E-state index contributed by atoms with van der Waals surface area (Å²) in [6.45, 7) is 3.68. The van der Waals surface area contributed by atoms with Gasteiger partial charge in [0, 0.05) is 5.03 Å². The quantitative estimate of drug-likeness (QED) is 0.789. The Bertz CT molecular complexity index is 418. The molecule has 0 atom stereocenters. The van der Waals surface area contributed by atoms with Crippen LogP contribution in [0, 0.1) is 0 Å². The highest BCUT2D eigenvalue weighted by molar-refractivity contribution is 6.29. The van der Waals surface area contributed by atoms with E-state index in [2.05, 4.69) is 11.9 Å². The Kier molecular flexibility index (Phi) is 4.19. The van der Waals surface area contributed by atoms with Gasteiger partial charge in [0.2, 0.25) is 0 Å². The van der Waals surface area contributed by atoms with E-state index in [0.29, 0.717) is 22.0 Å². The number of carbonyl (C=O) groups is 1. The Labute approximate surface area is 99.0 Å². The third-order valence-electron chi connectivity index (χ3n) is 1.93. The zero-order chi connectivity index (χ0) is 12.1. The lowest BCUT2D eigenvalue weighted by Gasteiger charge is -2.10. The maximum Gasteiger partial charge on any atom is 0.255 e. The van der Waals surface area contributed by atoms with Crippen molar-refractivity contribution in [3.8, 4) is 5.75 Å². The highest BCUT2D eigenvalue weighted by Crippen LogP contribution is 2.25. The van der Waals surface area contributed by atoms with Crippen LogP contribution in [-0.4, -0.2) is 19.6 Å². The molecule has 0 aliphatic heterocycles. The van der Waals surface area contributed by atoms with Gasteiger partial charge in [0.25, 0.3) is 5.91 Å². The number of nitrogen functional groups attached to an aromatic ring is 1. The van der Waals surface area contributed by atoms with E-state index in [4.69, 9.17) is 22.1 Å². The number of hydrogen-bond acceptors (Lipinski definition) is 3. The summed E-state index contributed by atoms with van der Waals surface area (Å²) in [7, 11) is 1.46. The number of rotatable bonds is 4. The summed E-state index contributed by atoms with van der Waals surface area (Å²) in [6.07, 6.45) is 0. The van der Waals surface area contributed by atoms with Gasteiger partial charge in [0.1, 0.15) is 0 Å². The fourth-order valence-corrected chi connectivity index (χ4v) is 1.30. The van der Waals surface area contributed by atoms with E-state index in [0.717, 1.165) is 0 Å². The first-order valence-corrected chi connectivity index (χ1v) is 4.98. The molecule has 0 aliphatic rings. The fraction of sp³-hybridized carbons (Fsp3) is 0.182. The van der Waals surface area contributed by atoms with E-state index in [1.165, 1.54) is 7.11 Å². The van der Waals surface area contributed by atoms with Gasteiger partial charge in [-0.05, 0) is 12.1 Å². The number of carbonyl (C=O) groups excluding carboxylic acids is 1. The molecule has 0 heterocycles. The Morgan fingerprint density at radius 3 is 2.88 bits per heavy atom. The lowest BCUT2D eigenvalue weighted by atomic mass is 10.1. The summed E-state index contributed by atoms with van der Waals surface area (Å²) in [5.74, 6) is 0.0612. The summed E-state index contributed by atoms with van der Waals surface area (Å²) >= 11 is 5.55. The number of methoxy groups -OCH3 is 1. The van der Waals surface area contributed by atoms with Gasteiger partial charge in [-0.15, -0.1) is 0 Å². The number of nitrogens with two attached hydrogens (primary N) is 1. The molecule has 1 aromatic carbocycles. The lowest BCUT2D eigenvalue weighted by Crippen LogP contribution is -2.25. The van der Waals surface area contributed by atoms with Crippen LogP contribution < -0.4 is 15.8 Å². The monoisotopic (exact) mass is 240 g/mol. The third-order valence-corrected chi connectivity index (χ3v) is 2.07. The number of hydrogen-bond donors (Lipinski definition) is 2. The molecule has 0 saturated carbocycles. The molecule has 0 aliphatic carbocycles. The second-order valence-electron chi connectivity index (χ2n) is 3.13. The van der Waals surface area contributed by atoms with E-state index >= 15 is 0 Å². The standard InChI is InChI=1S/C11H13ClN2O2/c1-7(12)6-14-11(15)8-4-3-5-9(13)10(8)16-2/h3-5H,1,6,13H2,2H3,(H,14,15). The Morgan fingerprint density at radius 1 is 1.62 bits per heavy atom. The van der Waals surface area contributed by atoms with Crippen LogP contribution in [0.15, 0.2) is 29.8 Å². The molecule has 0 spiro atoms. The van der Waals surface area contributed by atoms with Crippen molar-refractivity contribution in [1.29, 1.82) is 0 Å². The Balaban J connectivity index is 2.90. The van der Waals surface area contributed by atoms with Crippen LogP contribution in [0.4, 0.5) is 5.69 Å². The minimum absolute atomic E-state index is 0.207. The fourth-order valence-electron chi connectivity index (χ4n) is 1.23. The highest BCUT2D eigenvalue weighted by Gasteiger charge is 2.13. The van der Waals surface area contributed by atoms with Crippen LogP contribution in [0.5, 0.6) is 5.75 Å². The molecule has 0 unspecified atom stereocenters. The first-order chi connectivity index (χ1) is 7.56. The van der Waals surface area contributed by atoms with Crippen LogP contribution >= 0.6 is 11.6 Å². The summed E-state index contributed by atoms with van der Waals surface area (Å²) in [5.41, 5.74) is 6.47. The molecule has 3 N–H and O–H groups in total. The molecular weight excluding hydrogens is 228 g/mol. The molecule has 4 nitrogen and oxygen atoms in total. The van der Waals surface area contributed by atoms with Crippen LogP contribution in [0.3, 0.4) is 0 Å². The number of benzene rings is 1. The molecule has 16 heavy (non-hydrogen) atoms. The molecule has 1 amide bonds. The molecule has 0 bridgehead atoms. The van der Waals surface area contributed by atoms with Crippen molar-refractivity contribution in [2.45, 2.75) is 0 Å². The summed E-state index contributed by atoms with van der Waals surface area (Å²) in [6, 6.07) is 4.97. The minimum Gasteiger partial charge on any atom is -0.494 e. The molecule has 86 valence electrons. The van der Waals surface area contributed by atoms with Crippen molar-refractivity contribution >= 4 is 23.2 Å². The number of para-hydroxylation sites is 1. The zero-order valence-electron chi connectivity index (χ0n) is 8.92. The Morgan fingerprint density at radius 2 is 2.31 bits per heavy atom. The smallest absolute Gasteiger partial charge is 0.255 e. The number of nitrogens with one attached hydrogen (secondary N) is 1. The van der Waals surface area contributed by atoms with Crippen LogP contribution in [0.25, 0.3) is 0 Å². The van der Waals surface area contributed by atoms with Crippen molar-refractivity contribution in [2.75, 3.05) is 19.4 Å². The molecule has 1 rings (SSSR count). The largest absolute Gasteiger partial charge is 0.494 e. The van der Waals surface area contributed by atoms with Gasteiger partial charge >= 0.3 is 0 Å². The van der Waals surface area contributed by atoms with Gasteiger partial charge in [0.15, 0.2) is 5.75 Å². The van der Waals surface area contributed by atoms with Crippen LogP contribution in [0.2, 0.25) is 0 Å². The van der Waals surface area contributed by atoms with E-state index in [1.807, 2.05) is 0 Å². The minimum atomic E-state index is -0.300. The van der Waals surface area contributed by atoms with Crippen LogP contribution in [-0.2, 0) is 0 Å². The van der Waals surface area contributed by atoms with Gasteiger partial charge in [-0.25, -0.2) is 0 Å². The zero-order valence-corrected chi connectivity index (χ0v) is 9.67.